The van der Waals surface area contributed by atoms with E-state index in [1.807, 2.05) is 0 Å². The normalized spacial score (nSPS) is 18.8. The Labute approximate surface area is 109 Å². The summed E-state index contributed by atoms with van der Waals surface area (Å²) >= 11 is 1.48. The maximum absolute atomic E-state index is 12.3. The molecule has 0 spiro atoms. The molecule has 7 heteroatoms. The van der Waals surface area contributed by atoms with E-state index in [-0.39, 0.29) is 11.7 Å². The maximum atomic E-state index is 12.3. The van der Waals surface area contributed by atoms with E-state index in [0.29, 0.717) is 19.4 Å². The Hall–Kier alpha value is -1.63. The highest BCUT2D eigenvalue weighted by atomic mass is 32.1. The number of oxime groups is 1. The van der Waals surface area contributed by atoms with Crippen LogP contribution in [-0.2, 0) is 11.3 Å². The zero-order chi connectivity index (χ0) is 13.0. The number of hydrogen-bond donors (Lipinski definition) is 3. The minimum Gasteiger partial charge on any atom is -0.409 e. The van der Waals surface area contributed by atoms with Crippen LogP contribution in [-0.4, -0.2) is 21.9 Å². The van der Waals surface area contributed by atoms with Crippen LogP contribution >= 0.6 is 11.3 Å². The number of nitrogens with zero attached hydrogens (tertiary/aromatic N) is 2. The lowest BCUT2D eigenvalue weighted by Gasteiger charge is -2.25. The molecule has 0 aliphatic heterocycles. The van der Waals surface area contributed by atoms with Gasteiger partial charge in [-0.05, 0) is 12.8 Å². The second-order valence-electron chi connectivity index (χ2n) is 4.42. The lowest BCUT2D eigenvalue weighted by molar-refractivity contribution is -0.127. The number of amidine groups is 1. The zero-order valence-corrected chi connectivity index (χ0v) is 10.7. The van der Waals surface area contributed by atoms with Crippen LogP contribution < -0.4 is 11.1 Å². The Kier molecular flexibility index (Phi) is 3.81. The summed E-state index contributed by atoms with van der Waals surface area (Å²) in [5.41, 5.74) is 6.58. The first kappa shape index (κ1) is 12.8. The second-order valence-corrected chi connectivity index (χ2v) is 5.40. The molecule has 0 bridgehead atoms. The Balaban J connectivity index is 2.05. The standard InChI is InChI=1S/C11H16N4O2S/c12-9(15-17)11(3-1-2-4-11)10(16)14-6-8-5-13-7-18-8/h5,7,17H,1-4,6H2,(H2,12,15)(H,14,16). The highest BCUT2D eigenvalue weighted by Crippen LogP contribution is 2.38. The number of amides is 1. The second kappa shape index (κ2) is 5.34. The molecule has 1 amide bonds. The Bertz CT molecular complexity index is 438. The molecule has 0 radical (unpaired) electrons. The topological polar surface area (TPSA) is 101 Å². The first-order valence-electron chi connectivity index (χ1n) is 5.83. The summed E-state index contributed by atoms with van der Waals surface area (Å²) in [7, 11) is 0. The Morgan fingerprint density at radius 2 is 2.33 bits per heavy atom. The number of hydrogen-bond acceptors (Lipinski definition) is 5. The van der Waals surface area contributed by atoms with E-state index in [2.05, 4.69) is 15.5 Å². The molecule has 0 aromatic carbocycles. The average Bonchev–Trinajstić information content (AvgIpc) is 3.06. The average molecular weight is 268 g/mol. The van der Waals surface area contributed by atoms with E-state index in [9.17, 15) is 4.79 Å². The van der Waals surface area contributed by atoms with E-state index >= 15 is 0 Å². The highest BCUT2D eigenvalue weighted by molar-refractivity contribution is 7.09. The van der Waals surface area contributed by atoms with Crippen LogP contribution in [0.2, 0.25) is 0 Å². The molecule has 0 atom stereocenters. The molecule has 0 saturated heterocycles. The lowest BCUT2D eigenvalue weighted by atomic mass is 9.84. The van der Waals surface area contributed by atoms with Gasteiger partial charge in [0.15, 0.2) is 5.84 Å². The summed E-state index contributed by atoms with van der Waals surface area (Å²) < 4.78 is 0. The third kappa shape index (κ3) is 2.31. The SMILES string of the molecule is NC(=NO)C1(C(=O)NCc2cncs2)CCCC1. The van der Waals surface area contributed by atoms with Crippen LogP contribution in [0.1, 0.15) is 30.6 Å². The summed E-state index contributed by atoms with van der Waals surface area (Å²) in [6.45, 7) is 0.434. The first-order chi connectivity index (χ1) is 8.69. The monoisotopic (exact) mass is 268 g/mol. The van der Waals surface area contributed by atoms with E-state index in [4.69, 9.17) is 10.9 Å². The van der Waals surface area contributed by atoms with Crippen molar-refractivity contribution in [3.8, 4) is 0 Å². The number of carbonyl (C=O) groups excluding carboxylic acids is 1. The number of thiazole rings is 1. The first-order valence-corrected chi connectivity index (χ1v) is 6.71. The van der Waals surface area contributed by atoms with E-state index in [1.165, 1.54) is 11.3 Å². The van der Waals surface area contributed by atoms with Crippen molar-refractivity contribution in [3.63, 3.8) is 0 Å². The molecule has 2 rings (SSSR count). The molecule has 6 nitrogen and oxygen atoms in total. The van der Waals surface area contributed by atoms with Gasteiger partial charge in [-0.25, -0.2) is 0 Å². The van der Waals surface area contributed by atoms with Gasteiger partial charge in [0.1, 0.15) is 5.41 Å². The van der Waals surface area contributed by atoms with Gasteiger partial charge >= 0.3 is 0 Å². The lowest BCUT2D eigenvalue weighted by Crippen LogP contribution is -2.47. The molecule has 1 aliphatic rings. The van der Waals surface area contributed by atoms with E-state index in [1.54, 1.807) is 11.7 Å². The van der Waals surface area contributed by atoms with Crippen molar-refractivity contribution in [3.05, 3.63) is 16.6 Å². The largest absolute Gasteiger partial charge is 0.409 e. The molecular weight excluding hydrogens is 252 g/mol. The van der Waals surface area contributed by atoms with Gasteiger partial charge in [-0.3, -0.25) is 9.78 Å². The molecule has 4 N–H and O–H groups in total. The van der Waals surface area contributed by atoms with E-state index < -0.39 is 5.41 Å². The summed E-state index contributed by atoms with van der Waals surface area (Å²) in [5, 5.41) is 14.7. The minimum atomic E-state index is -0.834. The fourth-order valence-electron chi connectivity index (χ4n) is 2.34. The molecule has 1 aromatic rings. The molecular formula is C11H16N4O2S. The Morgan fingerprint density at radius 3 is 2.89 bits per heavy atom. The zero-order valence-electron chi connectivity index (χ0n) is 9.93. The smallest absolute Gasteiger partial charge is 0.234 e. The summed E-state index contributed by atoms with van der Waals surface area (Å²) in [6, 6.07) is 0. The van der Waals surface area contributed by atoms with Crippen molar-refractivity contribution in [2.75, 3.05) is 0 Å². The highest BCUT2D eigenvalue weighted by Gasteiger charge is 2.45. The van der Waals surface area contributed by atoms with Crippen LogP contribution in [0.15, 0.2) is 16.9 Å². The quantitative estimate of drug-likeness (QED) is 0.329. The van der Waals surface area contributed by atoms with Crippen molar-refractivity contribution in [2.24, 2.45) is 16.3 Å². The number of nitrogens with one attached hydrogen (secondary N) is 1. The summed E-state index contributed by atoms with van der Waals surface area (Å²) in [4.78, 5) is 17.2. The van der Waals surface area contributed by atoms with Gasteiger partial charge in [0.2, 0.25) is 5.91 Å². The fraction of sp³-hybridized carbons (Fsp3) is 0.545. The third-order valence-electron chi connectivity index (χ3n) is 3.40. The number of nitrogens with two attached hydrogens (primary N) is 1. The predicted octanol–water partition coefficient (Wildman–Crippen LogP) is 1.07. The van der Waals surface area contributed by atoms with Gasteiger partial charge in [-0.15, -0.1) is 11.3 Å². The van der Waals surface area contributed by atoms with Crippen LogP contribution in [0.3, 0.4) is 0 Å². The van der Waals surface area contributed by atoms with Crippen LogP contribution in [0.25, 0.3) is 0 Å². The van der Waals surface area contributed by atoms with Crippen molar-refractivity contribution >= 4 is 23.1 Å². The van der Waals surface area contributed by atoms with Crippen LogP contribution in [0.4, 0.5) is 0 Å². The van der Waals surface area contributed by atoms with Gasteiger partial charge in [0, 0.05) is 11.1 Å². The van der Waals surface area contributed by atoms with E-state index in [0.717, 1.165) is 17.7 Å². The molecule has 1 fully saturated rings. The number of rotatable bonds is 4. The molecule has 1 heterocycles. The minimum absolute atomic E-state index is 0.0156. The van der Waals surface area contributed by atoms with Gasteiger partial charge in [0.25, 0.3) is 0 Å². The Morgan fingerprint density at radius 1 is 1.61 bits per heavy atom. The van der Waals surface area contributed by atoms with Crippen molar-refractivity contribution in [1.29, 1.82) is 0 Å². The molecule has 1 aromatic heterocycles. The summed E-state index contributed by atoms with van der Waals surface area (Å²) in [5.74, 6) is -0.148. The van der Waals surface area contributed by atoms with Gasteiger partial charge in [-0.1, -0.05) is 18.0 Å². The fourth-order valence-corrected chi connectivity index (χ4v) is 2.87. The molecule has 98 valence electrons. The van der Waals surface area contributed by atoms with Crippen molar-refractivity contribution in [1.82, 2.24) is 10.3 Å². The molecule has 0 unspecified atom stereocenters. The van der Waals surface area contributed by atoms with Crippen LogP contribution in [0.5, 0.6) is 0 Å². The van der Waals surface area contributed by atoms with Crippen molar-refractivity contribution in [2.45, 2.75) is 32.2 Å². The maximum Gasteiger partial charge on any atom is 0.234 e. The van der Waals surface area contributed by atoms with Crippen molar-refractivity contribution < 1.29 is 10.0 Å². The predicted molar refractivity (Wildman–Crippen MR) is 68.3 cm³/mol. The summed E-state index contributed by atoms with van der Waals surface area (Å²) in [6.07, 6.45) is 4.83. The van der Waals surface area contributed by atoms with Gasteiger partial charge < -0.3 is 16.3 Å². The molecule has 18 heavy (non-hydrogen) atoms. The molecule has 1 aliphatic carbocycles. The number of aromatic nitrogens is 1. The van der Waals surface area contributed by atoms with Crippen LogP contribution in [0, 0.1) is 5.41 Å². The van der Waals surface area contributed by atoms with Gasteiger partial charge in [0.05, 0.1) is 12.1 Å². The number of carbonyl (C=O) groups is 1. The third-order valence-corrected chi connectivity index (χ3v) is 4.18. The molecule has 1 saturated carbocycles. The van der Waals surface area contributed by atoms with Gasteiger partial charge in [-0.2, -0.15) is 0 Å².